The van der Waals surface area contributed by atoms with Gasteiger partial charge in [-0.15, -0.1) is 11.3 Å². The summed E-state index contributed by atoms with van der Waals surface area (Å²) in [7, 11) is 0. The van der Waals surface area contributed by atoms with Crippen molar-refractivity contribution in [1.29, 1.82) is 0 Å². The first-order valence-electron chi connectivity index (χ1n) is 16.8. The van der Waals surface area contributed by atoms with Crippen LogP contribution in [0.3, 0.4) is 0 Å². The molecule has 0 aliphatic rings. The molecule has 234 valence electrons. The summed E-state index contributed by atoms with van der Waals surface area (Å²) in [4.78, 5) is 10.6. The highest BCUT2D eigenvalue weighted by Crippen LogP contribution is 2.44. The maximum absolute atomic E-state index is 5.31. The molecule has 10 aromatic rings. The van der Waals surface area contributed by atoms with E-state index in [4.69, 9.17) is 9.97 Å². The first kappa shape index (κ1) is 28.6. The molecule has 0 bridgehead atoms. The monoisotopic (exact) mass is 655 g/mol. The Kier molecular flexibility index (Phi) is 6.68. The van der Waals surface area contributed by atoms with E-state index in [1.165, 1.54) is 53.2 Å². The molecule has 0 spiro atoms. The van der Waals surface area contributed by atoms with E-state index in [2.05, 4.69) is 174 Å². The second-order valence-corrected chi connectivity index (χ2v) is 13.6. The molecule has 0 fully saturated rings. The van der Waals surface area contributed by atoms with Gasteiger partial charge in [-0.3, -0.25) is 0 Å². The number of rotatable bonds is 5. The second kappa shape index (κ2) is 11.7. The number of benzene rings is 7. The van der Waals surface area contributed by atoms with Crippen LogP contribution >= 0.6 is 11.3 Å². The van der Waals surface area contributed by atoms with Crippen LogP contribution in [0.25, 0.3) is 92.7 Å². The zero-order valence-corrected chi connectivity index (χ0v) is 27.8. The normalized spacial score (nSPS) is 11.6. The molecule has 0 aliphatic heterocycles. The Labute approximate surface area is 293 Å². The molecule has 3 aromatic heterocycles. The van der Waals surface area contributed by atoms with E-state index in [-0.39, 0.29) is 0 Å². The zero-order valence-electron chi connectivity index (χ0n) is 27.0. The van der Waals surface area contributed by atoms with Crippen molar-refractivity contribution < 1.29 is 0 Å². The summed E-state index contributed by atoms with van der Waals surface area (Å²) in [5.74, 6) is 0.721. The predicted octanol–water partition coefficient (Wildman–Crippen LogP) is 12.6. The number of nitrogens with zero attached hydrogens (tertiary/aromatic N) is 3. The van der Waals surface area contributed by atoms with Crippen molar-refractivity contribution in [1.82, 2.24) is 14.5 Å². The molecule has 50 heavy (non-hydrogen) atoms. The van der Waals surface area contributed by atoms with Crippen LogP contribution in [0.5, 0.6) is 0 Å². The van der Waals surface area contributed by atoms with Gasteiger partial charge in [0, 0.05) is 42.9 Å². The van der Waals surface area contributed by atoms with E-state index in [0.717, 1.165) is 39.5 Å². The van der Waals surface area contributed by atoms with Crippen molar-refractivity contribution in [2.75, 3.05) is 0 Å². The molecule has 0 amide bonds. The van der Waals surface area contributed by atoms with Crippen LogP contribution in [0, 0.1) is 0 Å². The molecule has 0 unspecified atom stereocenters. The molecular formula is C46H29N3S. The van der Waals surface area contributed by atoms with Crippen LogP contribution in [-0.2, 0) is 0 Å². The van der Waals surface area contributed by atoms with Crippen LogP contribution < -0.4 is 0 Å². The van der Waals surface area contributed by atoms with Crippen LogP contribution in [-0.4, -0.2) is 14.5 Å². The number of thiophene rings is 1. The second-order valence-electron chi connectivity index (χ2n) is 12.6. The largest absolute Gasteiger partial charge is 0.308 e. The van der Waals surface area contributed by atoms with Gasteiger partial charge in [0.1, 0.15) is 0 Å². The minimum absolute atomic E-state index is 0.721. The summed E-state index contributed by atoms with van der Waals surface area (Å²) in [6.45, 7) is 0. The van der Waals surface area contributed by atoms with Crippen molar-refractivity contribution >= 4 is 53.3 Å². The van der Waals surface area contributed by atoms with Gasteiger partial charge in [-0.05, 0) is 47.5 Å². The lowest BCUT2D eigenvalue weighted by molar-refractivity contribution is 1.19. The predicted molar refractivity (Wildman–Crippen MR) is 211 cm³/mol. The summed E-state index contributed by atoms with van der Waals surface area (Å²) >= 11 is 1.84. The molecule has 0 saturated carbocycles. The maximum Gasteiger partial charge on any atom is 0.161 e. The van der Waals surface area contributed by atoms with E-state index in [9.17, 15) is 0 Å². The Morgan fingerprint density at radius 3 is 1.72 bits per heavy atom. The third-order valence-electron chi connectivity index (χ3n) is 9.62. The van der Waals surface area contributed by atoms with E-state index in [1.807, 2.05) is 17.4 Å². The molecule has 0 radical (unpaired) electrons. The highest BCUT2D eigenvalue weighted by Gasteiger charge is 2.20. The minimum atomic E-state index is 0.721. The van der Waals surface area contributed by atoms with Gasteiger partial charge < -0.3 is 4.57 Å². The molecule has 0 N–H and O–H groups in total. The Balaban J connectivity index is 1.21. The fraction of sp³-hybridized carbons (Fsp3) is 0. The minimum Gasteiger partial charge on any atom is -0.308 e. The van der Waals surface area contributed by atoms with Gasteiger partial charge in [0.25, 0.3) is 0 Å². The van der Waals surface area contributed by atoms with Gasteiger partial charge in [-0.2, -0.15) is 0 Å². The third kappa shape index (κ3) is 4.65. The number of hydrogen-bond acceptors (Lipinski definition) is 3. The van der Waals surface area contributed by atoms with Gasteiger partial charge in [0.2, 0.25) is 0 Å². The molecular weight excluding hydrogens is 627 g/mol. The van der Waals surface area contributed by atoms with Gasteiger partial charge in [-0.25, -0.2) is 9.97 Å². The topological polar surface area (TPSA) is 30.7 Å². The SMILES string of the molecule is c1ccc(-c2cccc(-c3cc(-c4ccccc4)nc(-c4cccc5sc6c(-n7c8ccccc8c8ccccc87)cccc6c45)n3)c2)cc1. The summed E-state index contributed by atoms with van der Waals surface area (Å²) in [5, 5.41) is 4.92. The Morgan fingerprint density at radius 2 is 0.980 bits per heavy atom. The Morgan fingerprint density at radius 1 is 0.420 bits per heavy atom. The molecule has 3 nitrogen and oxygen atoms in total. The lowest BCUT2D eigenvalue weighted by Crippen LogP contribution is -1.96. The Hall–Kier alpha value is -6.36. The fourth-order valence-electron chi connectivity index (χ4n) is 7.34. The zero-order chi connectivity index (χ0) is 33.0. The average molecular weight is 656 g/mol. The van der Waals surface area contributed by atoms with Crippen LogP contribution in [0.1, 0.15) is 0 Å². The van der Waals surface area contributed by atoms with Crippen molar-refractivity contribution in [2.24, 2.45) is 0 Å². The third-order valence-corrected chi connectivity index (χ3v) is 10.8. The van der Waals surface area contributed by atoms with Gasteiger partial charge in [-0.1, -0.05) is 140 Å². The molecule has 7 aromatic carbocycles. The standard InChI is InChI=1S/C46H29N3S/c1-3-14-30(15-4-1)32-18-11-19-33(28-32)39-29-38(31-16-5-2-6-17-31)47-46(48-39)37-23-13-27-43-44(37)36-22-12-26-42(45(36)50-43)49-40-24-9-7-20-34(40)35-21-8-10-25-41(35)49/h1-29H. The van der Waals surface area contributed by atoms with Gasteiger partial charge >= 0.3 is 0 Å². The average Bonchev–Trinajstić information content (AvgIpc) is 3.75. The molecule has 0 saturated heterocycles. The number of para-hydroxylation sites is 2. The van der Waals surface area contributed by atoms with Crippen molar-refractivity contribution in [3.63, 3.8) is 0 Å². The lowest BCUT2D eigenvalue weighted by Gasteiger charge is -2.12. The van der Waals surface area contributed by atoms with Crippen molar-refractivity contribution in [3.05, 3.63) is 176 Å². The van der Waals surface area contributed by atoms with Crippen molar-refractivity contribution in [2.45, 2.75) is 0 Å². The van der Waals surface area contributed by atoms with Gasteiger partial charge in [0.15, 0.2) is 5.82 Å². The van der Waals surface area contributed by atoms with E-state index in [0.29, 0.717) is 0 Å². The van der Waals surface area contributed by atoms with E-state index >= 15 is 0 Å². The first-order chi connectivity index (χ1) is 24.8. The number of aromatic nitrogens is 3. The maximum atomic E-state index is 5.31. The van der Waals surface area contributed by atoms with Crippen LogP contribution in [0.15, 0.2) is 176 Å². The molecule has 4 heteroatoms. The van der Waals surface area contributed by atoms with Crippen LogP contribution in [0.2, 0.25) is 0 Å². The number of hydrogen-bond donors (Lipinski definition) is 0. The lowest BCUT2D eigenvalue weighted by atomic mass is 10.00. The van der Waals surface area contributed by atoms with Gasteiger partial charge in [0.05, 0.1) is 32.8 Å². The summed E-state index contributed by atoms with van der Waals surface area (Å²) in [6, 6.07) is 62.3. The molecule has 0 atom stereocenters. The van der Waals surface area contributed by atoms with E-state index in [1.54, 1.807) is 0 Å². The fourth-order valence-corrected chi connectivity index (χ4v) is 8.57. The first-order valence-corrected chi connectivity index (χ1v) is 17.7. The number of fused-ring (bicyclic) bond motifs is 6. The summed E-state index contributed by atoms with van der Waals surface area (Å²) in [6.07, 6.45) is 0. The quantitative estimate of drug-likeness (QED) is 0.185. The summed E-state index contributed by atoms with van der Waals surface area (Å²) in [5.41, 5.74) is 10.9. The highest BCUT2D eigenvalue weighted by molar-refractivity contribution is 7.26. The molecule has 10 rings (SSSR count). The summed E-state index contributed by atoms with van der Waals surface area (Å²) < 4.78 is 4.88. The Bertz CT molecular complexity index is 2810. The smallest absolute Gasteiger partial charge is 0.161 e. The van der Waals surface area contributed by atoms with Crippen molar-refractivity contribution in [3.8, 4) is 50.7 Å². The molecule has 0 aliphatic carbocycles. The van der Waals surface area contributed by atoms with Crippen LogP contribution in [0.4, 0.5) is 0 Å². The highest BCUT2D eigenvalue weighted by atomic mass is 32.1. The molecule has 3 heterocycles. The van der Waals surface area contributed by atoms with E-state index < -0.39 is 0 Å².